The second-order valence-electron chi connectivity index (χ2n) is 7.13. The summed E-state index contributed by atoms with van der Waals surface area (Å²) in [6.07, 6.45) is 0.907. The van der Waals surface area contributed by atoms with E-state index in [2.05, 4.69) is 22.5 Å². The van der Waals surface area contributed by atoms with Crippen molar-refractivity contribution in [2.45, 2.75) is 13.3 Å². The Morgan fingerprint density at radius 3 is 2.64 bits per heavy atom. The zero-order valence-electron chi connectivity index (χ0n) is 17.7. The molecule has 3 aromatic carbocycles. The molecule has 0 unspecified atom stereocenters. The maximum absolute atomic E-state index is 12.5. The minimum absolute atomic E-state index is 0.116. The number of hydrogen-bond donors (Lipinski definition) is 2. The van der Waals surface area contributed by atoms with Crippen LogP contribution in [-0.2, 0) is 6.42 Å². The number of carbonyl (C=O) groups excluding carboxylic acids is 1. The monoisotopic (exact) mass is 499 g/mol. The summed E-state index contributed by atoms with van der Waals surface area (Å²) in [4.78, 5) is 17.1. The highest BCUT2D eigenvalue weighted by Crippen LogP contribution is 2.32. The lowest BCUT2D eigenvalue weighted by Crippen LogP contribution is -2.34. The molecule has 1 aromatic heterocycles. The van der Waals surface area contributed by atoms with Crippen LogP contribution in [0.5, 0.6) is 5.75 Å². The smallest absolute Gasteiger partial charge is 0.257 e. The number of hydrogen-bond acceptors (Lipinski definition) is 5. The van der Waals surface area contributed by atoms with Gasteiger partial charge in [0.05, 0.1) is 22.7 Å². The van der Waals surface area contributed by atoms with E-state index in [9.17, 15) is 4.79 Å². The Kier molecular flexibility index (Phi) is 6.83. The molecule has 33 heavy (non-hydrogen) atoms. The molecular formula is C24H19Cl2N3O3S. The number of nitrogens with zero attached hydrogens (tertiary/aromatic N) is 1. The minimum Gasteiger partial charge on any atom is -0.495 e. The molecule has 0 bridgehead atoms. The number of amides is 1. The average molecular weight is 500 g/mol. The Morgan fingerprint density at radius 1 is 1.09 bits per heavy atom. The summed E-state index contributed by atoms with van der Waals surface area (Å²) in [7, 11) is 1.50. The van der Waals surface area contributed by atoms with E-state index < -0.39 is 5.91 Å². The molecule has 0 saturated heterocycles. The maximum atomic E-state index is 12.5. The molecule has 1 amide bonds. The third-order valence-electron chi connectivity index (χ3n) is 4.96. The van der Waals surface area contributed by atoms with Crippen molar-refractivity contribution < 1.29 is 13.9 Å². The lowest BCUT2D eigenvalue weighted by Gasteiger charge is -2.11. The Labute approximate surface area is 205 Å². The van der Waals surface area contributed by atoms with Gasteiger partial charge in [0, 0.05) is 11.3 Å². The van der Waals surface area contributed by atoms with Crippen LogP contribution in [0.2, 0.25) is 10.0 Å². The fourth-order valence-electron chi connectivity index (χ4n) is 3.22. The molecule has 0 radical (unpaired) electrons. The second kappa shape index (κ2) is 9.79. The first-order chi connectivity index (χ1) is 15.9. The maximum Gasteiger partial charge on any atom is 0.257 e. The summed E-state index contributed by atoms with van der Waals surface area (Å²) in [5.74, 6) is 0.472. The van der Waals surface area contributed by atoms with E-state index in [0.717, 1.165) is 11.9 Å². The zero-order valence-corrected chi connectivity index (χ0v) is 20.1. The lowest BCUT2D eigenvalue weighted by molar-refractivity contribution is 0.0977. The first-order valence-corrected chi connectivity index (χ1v) is 11.2. The molecule has 4 aromatic rings. The van der Waals surface area contributed by atoms with Gasteiger partial charge in [0.25, 0.3) is 5.91 Å². The fourth-order valence-corrected chi connectivity index (χ4v) is 3.89. The third-order valence-corrected chi connectivity index (χ3v) is 5.78. The van der Waals surface area contributed by atoms with E-state index in [1.54, 1.807) is 30.3 Å². The molecule has 0 saturated carbocycles. The van der Waals surface area contributed by atoms with Crippen LogP contribution in [0.25, 0.3) is 22.6 Å². The van der Waals surface area contributed by atoms with Crippen LogP contribution in [0.3, 0.4) is 0 Å². The van der Waals surface area contributed by atoms with Crippen molar-refractivity contribution in [3.8, 4) is 17.2 Å². The van der Waals surface area contributed by atoms with E-state index in [1.807, 2.05) is 18.2 Å². The van der Waals surface area contributed by atoms with Gasteiger partial charge in [-0.05, 0) is 72.7 Å². The molecule has 0 spiro atoms. The van der Waals surface area contributed by atoms with Gasteiger partial charge in [-0.1, -0.05) is 36.2 Å². The van der Waals surface area contributed by atoms with E-state index in [1.165, 1.54) is 18.7 Å². The quantitative estimate of drug-likeness (QED) is 0.305. The number of fused-ring (bicyclic) bond motifs is 1. The van der Waals surface area contributed by atoms with Crippen molar-refractivity contribution in [1.82, 2.24) is 10.3 Å². The van der Waals surface area contributed by atoms with Gasteiger partial charge in [-0.25, -0.2) is 4.98 Å². The first-order valence-electron chi connectivity index (χ1n) is 10.0. The van der Waals surface area contributed by atoms with Gasteiger partial charge < -0.3 is 14.5 Å². The van der Waals surface area contributed by atoms with Crippen LogP contribution < -0.4 is 15.4 Å². The Bertz CT molecular complexity index is 1370. The number of rotatable bonds is 5. The fraction of sp³-hybridized carbons (Fsp3) is 0.125. The predicted molar refractivity (Wildman–Crippen MR) is 136 cm³/mol. The predicted octanol–water partition coefficient (Wildman–Crippen LogP) is 6.50. The number of nitrogens with one attached hydrogen (secondary N) is 2. The Morgan fingerprint density at radius 2 is 1.91 bits per heavy atom. The molecule has 6 nitrogen and oxygen atoms in total. The summed E-state index contributed by atoms with van der Waals surface area (Å²) in [5, 5.41) is 6.53. The van der Waals surface area contributed by atoms with Gasteiger partial charge in [-0.3, -0.25) is 10.1 Å². The number of methoxy groups -OCH3 is 1. The largest absolute Gasteiger partial charge is 0.495 e. The molecule has 9 heteroatoms. The molecule has 4 rings (SSSR count). The number of aromatic nitrogens is 1. The topological polar surface area (TPSA) is 76.4 Å². The molecule has 168 valence electrons. The molecule has 0 aliphatic rings. The lowest BCUT2D eigenvalue weighted by atomic mass is 10.1. The molecule has 1 heterocycles. The number of anilines is 1. The van der Waals surface area contributed by atoms with E-state index >= 15 is 0 Å². The minimum atomic E-state index is -0.406. The van der Waals surface area contributed by atoms with Crippen molar-refractivity contribution >= 4 is 63.2 Å². The van der Waals surface area contributed by atoms with Crippen LogP contribution in [0, 0.1) is 0 Å². The van der Waals surface area contributed by atoms with Crippen molar-refractivity contribution in [3.63, 3.8) is 0 Å². The zero-order chi connectivity index (χ0) is 23.5. The van der Waals surface area contributed by atoms with E-state index in [4.69, 9.17) is 44.6 Å². The van der Waals surface area contributed by atoms with Gasteiger partial charge in [0.2, 0.25) is 5.89 Å². The molecule has 2 N–H and O–H groups in total. The molecular weight excluding hydrogens is 481 g/mol. The highest BCUT2D eigenvalue weighted by Gasteiger charge is 2.15. The van der Waals surface area contributed by atoms with E-state index in [-0.39, 0.29) is 5.11 Å². The standard InChI is InChI=1S/C24H19Cl2N3O3S/c1-3-13-4-8-21-19(10-13)28-23(32-21)16-12-15(6-7-17(16)25)27-24(33)29-22(30)14-5-9-20(31-2)18(26)11-14/h4-12H,3H2,1-2H3,(H2,27,29,30,33). The van der Waals surface area contributed by atoms with Gasteiger partial charge in [0.1, 0.15) is 11.3 Å². The summed E-state index contributed by atoms with van der Waals surface area (Å²) in [6, 6.07) is 15.8. The highest BCUT2D eigenvalue weighted by atomic mass is 35.5. The Balaban J connectivity index is 1.51. The van der Waals surface area contributed by atoms with Crippen molar-refractivity contribution in [1.29, 1.82) is 0 Å². The van der Waals surface area contributed by atoms with Gasteiger partial charge >= 0.3 is 0 Å². The molecule has 0 aliphatic carbocycles. The van der Waals surface area contributed by atoms with Crippen molar-refractivity contribution in [2.24, 2.45) is 0 Å². The molecule has 0 fully saturated rings. The third kappa shape index (κ3) is 5.11. The van der Waals surface area contributed by atoms with Gasteiger partial charge in [-0.15, -0.1) is 0 Å². The number of ether oxygens (including phenoxy) is 1. The number of benzene rings is 3. The van der Waals surface area contributed by atoms with Crippen LogP contribution in [0.15, 0.2) is 59.0 Å². The molecule has 0 atom stereocenters. The van der Waals surface area contributed by atoms with E-state index in [0.29, 0.717) is 44.1 Å². The Hall–Kier alpha value is -3.13. The number of halogens is 2. The summed E-state index contributed by atoms with van der Waals surface area (Å²) >= 11 is 17.8. The number of oxazole rings is 1. The molecule has 0 aliphatic heterocycles. The number of thiocarbonyl (C=S) groups is 1. The SMILES string of the molecule is CCc1ccc2oc(-c3cc(NC(=S)NC(=O)c4ccc(OC)c(Cl)c4)ccc3Cl)nc2c1. The van der Waals surface area contributed by atoms with Gasteiger partial charge in [0.15, 0.2) is 10.7 Å². The highest BCUT2D eigenvalue weighted by molar-refractivity contribution is 7.80. The van der Waals surface area contributed by atoms with Crippen LogP contribution in [0.4, 0.5) is 5.69 Å². The van der Waals surface area contributed by atoms with Crippen LogP contribution in [-0.4, -0.2) is 23.1 Å². The van der Waals surface area contributed by atoms with Crippen molar-refractivity contribution in [2.75, 3.05) is 12.4 Å². The summed E-state index contributed by atoms with van der Waals surface area (Å²) < 4.78 is 11.0. The van der Waals surface area contributed by atoms with Crippen LogP contribution >= 0.6 is 35.4 Å². The average Bonchev–Trinajstić information content (AvgIpc) is 3.23. The van der Waals surface area contributed by atoms with Crippen molar-refractivity contribution in [3.05, 3.63) is 75.8 Å². The van der Waals surface area contributed by atoms with Gasteiger partial charge in [-0.2, -0.15) is 0 Å². The summed E-state index contributed by atoms with van der Waals surface area (Å²) in [6.45, 7) is 2.08. The van der Waals surface area contributed by atoms with Crippen LogP contribution in [0.1, 0.15) is 22.8 Å². The number of carbonyl (C=O) groups is 1. The first kappa shape index (κ1) is 23.0. The normalized spacial score (nSPS) is 10.8. The number of aryl methyl sites for hydroxylation is 1. The second-order valence-corrected chi connectivity index (χ2v) is 8.35. The summed E-state index contributed by atoms with van der Waals surface area (Å²) in [5.41, 5.74) is 4.18.